The van der Waals surface area contributed by atoms with Gasteiger partial charge in [0.25, 0.3) is 0 Å². The molecule has 2 amide bonds. The molecule has 5 heteroatoms. The van der Waals surface area contributed by atoms with E-state index in [1.807, 2.05) is 25.1 Å². The Morgan fingerprint density at radius 2 is 1.95 bits per heavy atom. The number of para-hydroxylation sites is 1. The van der Waals surface area contributed by atoms with Crippen molar-refractivity contribution in [2.24, 2.45) is 5.73 Å². The predicted molar refractivity (Wildman–Crippen MR) is 75.7 cm³/mol. The Morgan fingerprint density at radius 3 is 2.58 bits per heavy atom. The van der Waals surface area contributed by atoms with Crippen molar-refractivity contribution in [1.82, 2.24) is 5.32 Å². The Labute approximate surface area is 113 Å². The maximum absolute atomic E-state index is 11.8. The number of rotatable bonds is 6. The van der Waals surface area contributed by atoms with Crippen molar-refractivity contribution >= 4 is 17.5 Å². The quantitative estimate of drug-likeness (QED) is 0.717. The molecule has 0 fully saturated rings. The average Bonchev–Trinajstić information content (AvgIpc) is 2.38. The number of carbonyl (C=O) groups is 2. The van der Waals surface area contributed by atoms with E-state index in [2.05, 4.69) is 10.6 Å². The van der Waals surface area contributed by atoms with Crippen LogP contribution < -0.4 is 16.4 Å². The summed E-state index contributed by atoms with van der Waals surface area (Å²) >= 11 is 0. The topological polar surface area (TPSA) is 84.2 Å². The van der Waals surface area contributed by atoms with E-state index in [4.69, 9.17) is 5.73 Å². The lowest BCUT2D eigenvalue weighted by molar-refractivity contribution is -0.120. The summed E-state index contributed by atoms with van der Waals surface area (Å²) in [7, 11) is 1.59. The third kappa shape index (κ3) is 5.52. The molecule has 4 N–H and O–H groups in total. The van der Waals surface area contributed by atoms with E-state index in [1.165, 1.54) is 0 Å². The molecule has 0 aliphatic rings. The van der Waals surface area contributed by atoms with Crippen LogP contribution in [0.4, 0.5) is 5.69 Å². The average molecular weight is 263 g/mol. The van der Waals surface area contributed by atoms with E-state index in [1.54, 1.807) is 13.1 Å². The highest BCUT2D eigenvalue weighted by atomic mass is 16.2. The van der Waals surface area contributed by atoms with E-state index >= 15 is 0 Å². The highest BCUT2D eigenvalue weighted by molar-refractivity contribution is 5.92. The van der Waals surface area contributed by atoms with E-state index in [0.29, 0.717) is 18.5 Å². The molecule has 5 nitrogen and oxygen atoms in total. The van der Waals surface area contributed by atoms with Crippen molar-refractivity contribution in [2.45, 2.75) is 32.2 Å². The molecular weight excluding hydrogens is 242 g/mol. The molecule has 0 bridgehead atoms. The summed E-state index contributed by atoms with van der Waals surface area (Å²) in [4.78, 5) is 23.2. The summed E-state index contributed by atoms with van der Waals surface area (Å²) in [5, 5.41) is 5.39. The van der Waals surface area contributed by atoms with Crippen LogP contribution in [0.2, 0.25) is 0 Å². The number of hydrogen-bond donors (Lipinski definition) is 3. The summed E-state index contributed by atoms with van der Waals surface area (Å²) in [6.45, 7) is 1.87. The van der Waals surface area contributed by atoms with E-state index in [0.717, 1.165) is 5.56 Å². The minimum atomic E-state index is -0.0859. The molecule has 0 saturated carbocycles. The van der Waals surface area contributed by atoms with Crippen molar-refractivity contribution in [2.75, 3.05) is 12.4 Å². The SMILES string of the molecule is CNC(=O)Cc1ccccc1NC(=O)CCC(C)N. The van der Waals surface area contributed by atoms with Gasteiger partial charge in [-0.2, -0.15) is 0 Å². The van der Waals surface area contributed by atoms with Gasteiger partial charge in [-0.1, -0.05) is 18.2 Å². The van der Waals surface area contributed by atoms with Crippen molar-refractivity contribution < 1.29 is 9.59 Å². The normalized spacial score (nSPS) is 11.7. The molecule has 0 aromatic heterocycles. The minimum absolute atomic E-state index is 0.00635. The Hall–Kier alpha value is -1.88. The first-order valence-electron chi connectivity index (χ1n) is 6.37. The first-order chi connectivity index (χ1) is 9.02. The first-order valence-corrected chi connectivity index (χ1v) is 6.37. The van der Waals surface area contributed by atoms with Gasteiger partial charge in [0.2, 0.25) is 11.8 Å². The Balaban J connectivity index is 2.67. The summed E-state index contributed by atoms with van der Waals surface area (Å²) in [6.07, 6.45) is 1.27. The highest BCUT2D eigenvalue weighted by Gasteiger charge is 2.09. The third-order valence-electron chi connectivity index (χ3n) is 2.75. The molecule has 1 unspecified atom stereocenters. The number of likely N-dealkylation sites (N-methyl/N-ethyl adjacent to an activating group) is 1. The van der Waals surface area contributed by atoms with Crippen LogP contribution in [0.3, 0.4) is 0 Å². The predicted octanol–water partition coefficient (Wildman–Crippen LogP) is 1.04. The largest absolute Gasteiger partial charge is 0.359 e. The molecule has 1 aromatic carbocycles. The molecule has 1 aromatic rings. The fourth-order valence-electron chi connectivity index (χ4n) is 1.63. The molecule has 0 radical (unpaired) electrons. The van der Waals surface area contributed by atoms with Crippen LogP contribution in [0.25, 0.3) is 0 Å². The van der Waals surface area contributed by atoms with Gasteiger partial charge in [-0.15, -0.1) is 0 Å². The highest BCUT2D eigenvalue weighted by Crippen LogP contribution is 2.16. The number of nitrogens with two attached hydrogens (primary N) is 1. The number of amides is 2. The maximum atomic E-state index is 11.8. The van der Waals surface area contributed by atoms with Gasteiger partial charge in [-0.25, -0.2) is 0 Å². The molecule has 1 atom stereocenters. The van der Waals surface area contributed by atoms with Gasteiger partial charge in [-0.3, -0.25) is 9.59 Å². The maximum Gasteiger partial charge on any atom is 0.224 e. The lowest BCUT2D eigenvalue weighted by atomic mass is 10.1. The van der Waals surface area contributed by atoms with Gasteiger partial charge in [0.15, 0.2) is 0 Å². The number of benzene rings is 1. The molecule has 19 heavy (non-hydrogen) atoms. The Kier molecular flexibility index (Phi) is 6.02. The third-order valence-corrected chi connectivity index (χ3v) is 2.75. The zero-order valence-corrected chi connectivity index (χ0v) is 11.4. The first kappa shape index (κ1) is 15.2. The summed E-state index contributed by atoms with van der Waals surface area (Å²) in [5.74, 6) is -0.168. The second-order valence-electron chi connectivity index (χ2n) is 4.57. The van der Waals surface area contributed by atoms with E-state index in [9.17, 15) is 9.59 Å². The Bertz CT molecular complexity index is 444. The fraction of sp³-hybridized carbons (Fsp3) is 0.429. The molecule has 104 valence electrons. The van der Waals surface area contributed by atoms with Crippen LogP contribution in [-0.2, 0) is 16.0 Å². The molecule has 0 aliphatic carbocycles. The van der Waals surface area contributed by atoms with E-state index < -0.39 is 0 Å². The van der Waals surface area contributed by atoms with Crippen molar-refractivity contribution in [3.63, 3.8) is 0 Å². The summed E-state index contributed by atoms with van der Waals surface area (Å²) in [6, 6.07) is 7.30. The number of anilines is 1. The van der Waals surface area contributed by atoms with Crippen LogP contribution in [0.5, 0.6) is 0 Å². The van der Waals surface area contributed by atoms with Gasteiger partial charge in [-0.05, 0) is 25.0 Å². The molecule has 0 spiro atoms. The monoisotopic (exact) mass is 263 g/mol. The molecule has 0 aliphatic heterocycles. The zero-order chi connectivity index (χ0) is 14.3. The van der Waals surface area contributed by atoms with Crippen LogP contribution >= 0.6 is 0 Å². The van der Waals surface area contributed by atoms with Crippen molar-refractivity contribution in [3.8, 4) is 0 Å². The number of carbonyl (C=O) groups excluding carboxylic acids is 2. The smallest absolute Gasteiger partial charge is 0.224 e. The fourth-order valence-corrected chi connectivity index (χ4v) is 1.63. The lowest BCUT2D eigenvalue weighted by Crippen LogP contribution is -2.22. The Morgan fingerprint density at radius 1 is 1.26 bits per heavy atom. The second-order valence-corrected chi connectivity index (χ2v) is 4.57. The number of nitrogens with one attached hydrogen (secondary N) is 2. The summed E-state index contributed by atoms with van der Waals surface area (Å²) < 4.78 is 0. The molecular formula is C14H21N3O2. The zero-order valence-electron chi connectivity index (χ0n) is 11.4. The standard InChI is InChI=1S/C14H21N3O2/c1-10(15)7-8-13(18)17-12-6-4-3-5-11(12)9-14(19)16-2/h3-6,10H,7-9,15H2,1-2H3,(H,16,19)(H,17,18). The van der Waals surface area contributed by atoms with Crippen molar-refractivity contribution in [3.05, 3.63) is 29.8 Å². The van der Waals surface area contributed by atoms with Crippen molar-refractivity contribution in [1.29, 1.82) is 0 Å². The molecule has 1 rings (SSSR count). The van der Waals surface area contributed by atoms with Gasteiger partial charge in [0.1, 0.15) is 0 Å². The summed E-state index contributed by atoms with van der Waals surface area (Å²) in [5.41, 5.74) is 7.10. The van der Waals surface area contributed by atoms with Crippen LogP contribution in [-0.4, -0.2) is 24.9 Å². The van der Waals surface area contributed by atoms with E-state index in [-0.39, 0.29) is 24.3 Å². The molecule has 0 saturated heterocycles. The van der Waals surface area contributed by atoms with Gasteiger partial charge >= 0.3 is 0 Å². The van der Waals surface area contributed by atoms with Crippen LogP contribution in [0, 0.1) is 0 Å². The van der Waals surface area contributed by atoms with Crippen LogP contribution in [0.15, 0.2) is 24.3 Å². The van der Waals surface area contributed by atoms with Gasteiger partial charge in [0.05, 0.1) is 6.42 Å². The second kappa shape index (κ2) is 7.53. The van der Waals surface area contributed by atoms with Gasteiger partial charge < -0.3 is 16.4 Å². The molecule has 0 heterocycles. The van der Waals surface area contributed by atoms with Crippen LogP contribution in [0.1, 0.15) is 25.3 Å². The van der Waals surface area contributed by atoms with Gasteiger partial charge in [0, 0.05) is 25.2 Å². The number of hydrogen-bond acceptors (Lipinski definition) is 3. The lowest BCUT2D eigenvalue weighted by Gasteiger charge is -2.11. The minimum Gasteiger partial charge on any atom is -0.359 e.